The van der Waals surface area contributed by atoms with Crippen molar-refractivity contribution in [3.63, 3.8) is 0 Å². The zero-order valence-corrected chi connectivity index (χ0v) is 32.3. The number of carbonyl (C=O) groups excluding carboxylic acids is 2. The van der Waals surface area contributed by atoms with Crippen molar-refractivity contribution in [2.75, 3.05) is 31.6 Å². The van der Waals surface area contributed by atoms with Gasteiger partial charge in [0.2, 0.25) is 5.91 Å². The molecule has 1 amide bonds. The molecule has 53 heavy (non-hydrogen) atoms. The first-order valence-electron chi connectivity index (χ1n) is 18.4. The third-order valence-electron chi connectivity index (χ3n) is 9.85. The van der Waals surface area contributed by atoms with Gasteiger partial charge in [-0.2, -0.15) is 0 Å². The summed E-state index contributed by atoms with van der Waals surface area (Å²) in [7, 11) is 1.40. The van der Waals surface area contributed by atoms with Crippen LogP contribution in [0.2, 0.25) is 0 Å². The van der Waals surface area contributed by atoms with Crippen molar-refractivity contribution in [2.45, 2.75) is 64.5 Å². The Balaban J connectivity index is 0.000000183. The molecule has 3 aromatic carbocycles. The van der Waals surface area contributed by atoms with Crippen LogP contribution in [0.25, 0.3) is 5.69 Å². The van der Waals surface area contributed by atoms with Crippen LogP contribution in [0.15, 0.2) is 119 Å². The summed E-state index contributed by atoms with van der Waals surface area (Å²) in [4.78, 5) is 43.0. The lowest BCUT2D eigenvalue weighted by Gasteiger charge is -2.38. The van der Waals surface area contributed by atoms with Crippen LogP contribution >= 0.6 is 15.9 Å². The summed E-state index contributed by atoms with van der Waals surface area (Å²) in [5, 5.41) is 0. The van der Waals surface area contributed by atoms with Gasteiger partial charge in [0.15, 0.2) is 0 Å². The summed E-state index contributed by atoms with van der Waals surface area (Å²) in [6, 6.07) is 32.7. The number of hydrogen-bond donors (Lipinski definition) is 0. The second kappa shape index (κ2) is 18.2. The standard InChI is InChI=1S/C22H28N2O.C21H19BrN4O2/c1-2-22(25)24(20-11-7-4-8-12-20)21-14-17-23(18-15-21)16-13-19-9-5-3-6-10-19;1-13-12-24-21-17(7-9-19(27)28-2)25-20(16-5-3-4-10-23-16)15-11-14(22)6-8-18(15)26(13)21/h3-12,21H,2,13-18H2,1H3;3-6,8,10-12,17H,7,9H2,1-2H3/t;17-/m.0/s1. The Labute approximate surface area is 320 Å². The predicted molar refractivity (Wildman–Crippen MR) is 214 cm³/mol. The fraction of sp³-hybridized carbons (Fsp3) is 0.326. The van der Waals surface area contributed by atoms with E-state index in [9.17, 15) is 9.59 Å². The highest BCUT2D eigenvalue weighted by molar-refractivity contribution is 9.10. The van der Waals surface area contributed by atoms with E-state index in [1.165, 1.54) is 12.7 Å². The van der Waals surface area contributed by atoms with Crippen molar-refractivity contribution in [3.8, 4) is 5.69 Å². The van der Waals surface area contributed by atoms with Crippen LogP contribution in [0.5, 0.6) is 0 Å². The number of methoxy groups -OCH3 is 1. The molecule has 0 saturated carbocycles. The molecule has 9 nitrogen and oxygen atoms in total. The van der Waals surface area contributed by atoms with E-state index in [-0.39, 0.29) is 24.3 Å². The van der Waals surface area contributed by atoms with Gasteiger partial charge >= 0.3 is 5.97 Å². The average Bonchev–Trinajstić information content (AvgIpc) is 3.52. The molecule has 0 spiro atoms. The maximum absolute atomic E-state index is 12.5. The van der Waals surface area contributed by atoms with Crippen molar-refractivity contribution in [1.82, 2.24) is 19.4 Å². The fourth-order valence-electron chi connectivity index (χ4n) is 7.09. The lowest BCUT2D eigenvalue weighted by Crippen LogP contribution is -2.47. The second-order valence-corrected chi connectivity index (χ2v) is 14.3. The Morgan fingerprint density at radius 1 is 0.925 bits per heavy atom. The smallest absolute Gasteiger partial charge is 0.305 e. The molecule has 0 radical (unpaired) electrons. The number of anilines is 1. The van der Waals surface area contributed by atoms with Crippen molar-refractivity contribution < 1.29 is 14.3 Å². The topological polar surface area (TPSA) is 92.9 Å². The number of aromatic nitrogens is 3. The van der Waals surface area contributed by atoms with Gasteiger partial charge in [-0.15, -0.1) is 0 Å². The molecular formula is C43H47BrN6O3. The van der Waals surface area contributed by atoms with Crippen molar-refractivity contribution in [1.29, 1.82) is 0 Å². The van der Waals surface area contributed by atoms with Crippen molar-refractivity contribution >= 4 is 39.2 Å². The van der Waals surface area contributed by atoms with Crippen LogP contribution < -0.4 is 4.90 Å². The molecule has 0 bridgehead atoms. The largest absolute Gasteiger partial charge is 0.469 e. The van der Waals surface area contributed by atoms with E-state index in [1.54, 1.807) is 6.20 Å². The molecule has 0 unspecified atom stereocenters. The van der Waals surface area contributed by atoms with E-state index in [0.29, 0.717) is 18.9 Å². The SMILES string of the molecule is CCC(=O)N(c1ccccc1)C1CCN(CCc2ccccc2)CC1.COC(=O)CC[C@@H]1N=C(c2ccccn2)c2cc(Br)ccc2-n2c(C)cnc21. The van der Waals surface area contributed by atoms with E-state index >= 15 is 0 Å². The Kier molecular flexibility index (Phi) is 13.0. The molecule has 1 saturated heterocycles. The Morgan fingerprint density at radius 2 is 1.64 bits per heavy atom. The Hall–Kier alpha value is -4.93. The highest BCUT2D eigenvalue weighted by atomic mass is 79.9. The number of aliphatic imine (C=N–C) groups is 1. The third kappa shape index (κ3) is 9.36. The molecule has 0 N–H and O–H groups in total. The number of para-hydroxylation sites is 1. The zero-order valence-electron chi connectivity index (χ0n) is 30.7. The van der Waals surface area contributed by atoms with Crippen LogP contribution in [0.4, 0.5) is 5.69 Å². The normalized spacial score (nSPS) is 15.5. The van der Waals surface area contributed by atoms with Gasteiger partial charge in [-0.1, -0.05) is 77.5 Å². The fourth-order valence-corrected chi connectivity index (χ4v) is 7.45. The van der Waals surface area contributed by atoms with Gasteiger partial charge in [0.25, 0.3) is 0 Å². The number of nitrogens with zero attached hydrogens (tertiary/aromatic N) is 6. The third-order valence-corrected chi connectivity index (χ3v) is 10.3. The maximum Gasteiger partial charge on any atom is 0.305 e. The quantitative estimate of drug-likeness (QED) is 0.133. The number of amides is 1. The lowest BCUT2D eigenvalue weighted by atomic mass is 10.0. The number of piperidine rings is 1. The summed E-state index contributed by atoms with van der Waals surface area (Å²) in [5.41, 5.74) is 6.99. The number of fused-ring (bicyclic) bond motifs is 3. The first-order chi connectivity index (χ1) is 25.9. The van der Waals surface area contributed by atoms with E-state index in [4.69, 9.17) is 9.73 Å². The first-order valence-corrected chi connectivity index (χ1v) is 19.2. The van der Waals surface area contributed by atoms with Crippen molar-refractivity contribution in [3.05, 3.63) is 142 Å². The van der Waals surface area contributed by atoms with Crippen LogP contribution in [0, 0.1) is 6.92 Å². The Bertz CT molecular complexity index is 1990. The molecule has 1 atom stereocenters. The summed E-state index contributed by atoms with van der Waals surface area (Å²) in [6.07, 6.45) is 8.14. The van der Waals surface area contributed by atoms with Gasteiger partial charge in [0.1, 0.15) is 11.9 Å². The summed E-state index contributed by atoms with van der Waals surface area (Å²) >= 11 is 3.58. The number of carbonyl (C=O) groups is 2. The summed E-state index contributed by atoms with van der Waals surface area (Å²) in [6.45, 7) is 7.21. The van der Waals surface area contributed by atoms with Gasteiger partial charge < -0.3 is 14.5 Å². The van der Waals surface area contributed by atoms with E-state index in [2.05, 4.69) is 90.0 Å². The zero-order chi connectivity index (χ0) is 37.2. The average molecular weight is 776 g/mol. The molecule has 2 aliphatic rings. The molecule has 4 heterocycles. The molecule has 0 aliphatic carbocycles. The van der Waals surface area contributed by atoms with Crippen LogP contribution in [0.1, 0.15) is 73.4 Å². The number of imidazole rings is 1. The van der Waals surface area contributed by atoms with Gasteiger partial charge in [-0.25, -0.2) is 4.98 Å². The molecular weight excluding hydrogens is 728 g/mol. The first kappa shape index (κ1) is 37.8. The van der Waals surface area contributed by atoms with Gasteiger partial charge in [0.05, 0.1) is 24.2 Å². The van der Waals surface area contributed by atoms with Gasteiger partial charge in [-0.3, -0.25) is 24.1 Å². The number of aryl methyl sites for hydroxylation is 1. The second-order valence-electron chi connectivity index (χ2n) is 13.3. The number of halogens is 1. The number of rotatable bonds is 10. The van der Waals surface area contributed by atoms with Gasteiger partial charge in [-0.05, 0) is 80.6 Å². The van der Waals surface area contributed by atoms with Gasteiger partial charge in [0, 0.05) is 72.3 Å². The highest BCUT2D eigenvalue weighted by Gasteiger charge is 2.29. The molecule has 2 aromatic heterocycles. The Morgan fingerprint density at radius 3 is 2.32 bits per heavy atom. The highest BCUT2D eigenvalue weighted by Crippen LogP contribution is 2.34. The van der Waals surface area contributed by atoms with E-state index in [1.807, 2.05) is 67.4 Å². The number of hydrogen-bond acceptors (Lipinski definition) is 7. The summed E-state index contributed by atoms with van der Waals surface area (Å²) in [5.74, 6) is 0.791. The summed E-state index contributed by atoms with van der Waals surface area (Å²) < 4.78 is 7.90. The van der Waals surface area contributed by atoms with E-state index < -0.39 is 0 Å². The molecule has 10 heteroatoms. The minimum Gasteiger partial charge on any atom is -0.469 e. The number of pyridine rings is 1. The molecule has 5 aromatic rings. The molecule has 274 valence electrons. The number of likely N-dealkylation sites (tertiary alicyclic amines) is 1. The number of esters is 1. The van der Waals surface area contributed by atoms with Crippen LogP contribution in [-0.4, -0.2) is 69.8 Å². The minimum atomic E-state index is -0.281. The van der Waals surface area contributed by atoms with Crippen LogP contribution in [-0.2, 0) is 20.7 Å². The minimum absolute atomic E-state index is 0.230. The monoisotopic (exact) mass is 774 g/mol. The molecule has 7 rings (SSSR count). The van der Waals surface area contributed by atoms with E-state index in [0.717, 1.165) is 83.2 Å². The maximum atomic E-state index is 12.5. The number of benzene rings is 3. The molecule has 1 fully saturated rings. The molecule has 2 aliphatic heterocycles. The predicted octanol–water partition coefficient (Wildman–Crippen LogP) is 8.32. The van der Waals surface area contributed by atoms with Crippen molar-refractivity contribution in [2.24, 2.45) is 4.99 Å². The van der Waals surface area contributed by atoms with Crippen LogP contribution in [0.3, 0.4) is 0 Å². The lowest BCUT2D eigenvalue weighted by molar-refractivity contribution is -0.140. The number of ether oxygens (including phenoxy) is 1.